The molecule has 2 N–H and O–H groups in total. The number of sulfonamides is 1. The van der Waals surface area contributed by atoms with Crippen molar-refractivity contribution in [3.8, 4) is 11.5 Å². The fraction of sp³-hybridized carbons (Fsp3) is 0.316. The molecule has 2 rings (SSSR count). The molecule has 9 heteroatoms. The Kier molecular flexibility index (Phi) is 6.92. The third-order valence-electron chi connectivity index (χ3n) is 3.38. The minimum atomic E-state index is -3.62. The van der Waals surface area contributed by atoms with Gasteiger partial charge in [0.2, 0.25) is 10.0 Å². The standard InChI is InChI=1S/C19H23ClN2O5S/c1-19(2,3)22-28(24,25)15-8-6-14(7-9-15)27-12-18(23)21-13-5-10-17(26-4)16(20)11-13/h5-11,22H,12H2,1-4H3,(H,21,23). The first kappa shape index (κ1) is 22.0. The number of rotatable bonds is 7. The van der Waals surface area contributed by atoms with E-state index in [4.69, 9.17) is 21.1 Å². The maximum absolute atomic E-state index is 12.3. The lowest BCUT2D eigenvalue weighted by atomic mass is 10.1. The number of carbonyl (C=O) groups is 1. The molecule has 0 heterocycles. The van der Waals surface area contributed by atoms with Gasteiger partial charge in [-0.15, -0.1) is 0 Å². The zero-order chi connectivity index (χ0) is 20.9. The summed E-state index contributed by atoms with van der Waals surface area (Å²) in [6.07, 6.45) is 0. The quantitative estimate of drug-likeness (QED) is 0.707. The average molecular weight is 427 g/mol. The maximum atomic E-state index is 12.3. The summed E-state index contributed by atoms with van der Waals surface area (Å²) in [5, 5.41) is 3.03. The number of hydrogen-bond acceptors (Lipinski definition) is 5. The highest BCUT2D eigenvalue weighted by Crippen LogP contribution is 2.27. The van der Waals surface area contributed by atoms with Crippen molar-refractivity contribution in [2.24, 2.45) is 0 Å². The SMILES string of the molecule is COc1ccc(NC(=O)COc2ccc(S(=O)(=O)NC(C)(C)C)cc2)cc1Cl. The lowest BCUT2D eigenvalue weighted by molar-refractivity contribution is -0.118. The van der Waals surface area contributed by atoms with E-state index in [9.17, 15) is 13.2 Å². The van der Waals surface area contributed by atoms with E-state index in [0.29, 0.717) is 22.2 Å². The summed E-state index contributed by atoms with van der Waals surface area (Å²) in [6, 6.07) is 10.7. The number of amides is 1. The maximum Gasteiger partial charge on any atom is 0.262 e. The molecule has 0 radical (unpaired) electrons. The van der Waals surface area contributed by atoms with Crippen molar-refractivity contribution in [1.82, 2.24) is 4.72 Å². The van der Waals surface area contributed by atoms with E-state index in [2.05, 4.69) is 10.0 Å². The first-order valence-electron chi connectivity index (χ1n) is 8.40. The predicted molar refractivity (Wildman–Crippen MR) is 109 cm³/mol. The van der Waals surface area contributed by atoms with Crippen molar-refractivity contribution in [3.05, 3.63) is 47.5 Å². The molecule has 152 valence electrons. The van der Waals surface area contributed by atoms with Crippen LogP contribution in [0.3, 0.4) is 0 Å². The molecule has 2 aromatic rings. The topological polar surface area (TPSA) is 93.7 Å². The molecule has 1 amide bonds. The van der Waals surface area contributed by atoms with Crippen LogP contribution in [0.5, 0.6) is 11.5 Å². The number of methoxy groups -OCH3 is 1. The van der Waals surface area contributed by atoms with Gasteiger partial charge in [-0.3, -0.25) is 4.79 Å². The molecule has 0 aliphatic heterocycles. The second kappa shape index (κ2) is 8.81. The highest BCUT2D eigenvalue weighted by molar-refractivity contribution is 7.89. The largest absolute Gasteiger partial charge is 0.495 e. The molecule has 0 unspecified atom stereocenters. The molecule has 0 spiro atoms. The Morgan fingerprint density at radius 3 is 2.29 bits per heavy atom. The van der Waals surface area contributed by atoms with Gasteiger partial charge in [-0.25, -0.2) is 13.1 Å². The van der Waals surface area contributed by atoms with Gasteiger partial charge in [0.05, 0.1) is 17.0 Å². The molecular formula is C19H23ClN2O5S. The third kappa shape index (κ3) is 6.40. The van der Waals surface area contributed by atoms with Gasteiger partial charge in [0, 0.05) is 11.2 Å². The summed E-state index contributed by atoms with van der Waals surface area (Å²) in [5.41, 5.74) is -0.0784. The number of halogens is 1. The van der Waals surface area contributed by atoms with Crippen molar-refractivity contribution < 1.29 is 22.7 Å². The van der Waals surface area contributed by atoms with Crippen LogP contribution in [0, 0.1) is 0 Å². The molecule has 7 nitrogen and oxygen atoms in total. The summed E-state index contributed by atoms with van der Waals surface area (Å²) >= 11 is 6.02. The lowest BCUT2D eigenvalue weighted by Gasteiger charge is -2.20. The summed E-state index contributed by atoms with van der Waals surface area (Å²) in [6.45, 7) is 5.04. The second-order valence-corrected chi connectivity index (χ2v) is 9.10. The van der Waals surface area contributed by atoms with Crippen LogP contribution in [-0.4, -0.2) is 33.6 Å². The van der Waals surface area contributed by atoms with Crippen molar-refractivity contribution in [2.75, 3.05) is 19.0 Å². The molecule has 0 saturated carbocycles. The van der Waals surface area contributed by atoms with Gasteiger partial charge < -0.3 is 14.8 Å². The molecule has 0 saturated heterocycles. The molecular weight excluding hydrogens is 404 g/mol. The smallest absolute Gasteiger partial charge is 0.262 e. The minimum absolute atomic E-state index is 0.118. The van der Waals surface area contributed by atoms with Gasteiger partial charge >= 0.3 is 0 Å². The second-order valence-electron chi connectivity index (χ2n) is 7.01. The molecule has 0 atom stereocenters. The molecule has 0 fully saturated rings. The fourth-order valence-electron chi connectivity index (χ4n) is 2.27. The van der Waals surface area contributed by atoms with E-state index in [1.807, 2.05) is 0 Å². The van der Waals surface area contributed by atoms with E-state index in [1.54, 1.807) is 39.0 Å². The van der Waals surface area contributed by atoms with Gasteiger partial charge in [-0.2, -0.15) is 0 Å². The average Bonchev–Trinajstić information content (AvgIpc) is 2.58. The van der Waals surface area contributed by atoms with Crippen molar-refractivity contribution in [1.29, 1.82) is 0 Å². The molecule has 0 aliphatic carbocycles. The molecule has 28 heavy (non-hydrogen) atoms. The molecule has 0 aliphatic rings. The Hall–Kier alpha value is -2.29. The van der Waals surface area contributed by atoms with Gasteiger partial charge in [-0.05, 0) is 63.2 Å². The van der Waals surface area contributed by atoms with E-state index in [-0.39, 0.29) is 17.4 Å². The first-order chi connectivity index (χ1) is 13.0. The number of hydrogen-bond donors (Lipinski definition) is 2. The zero-order valence-electron chi connectivity index (χ0n) is 16.1. The highest BCUT2D eigenvalue weighted by atomic mass is 35.5. The fourth-order valence-corrected chi connectivity index (χ4v) is 3.94. The van der Waals surface area contributed by atoms with Crippen LogP contribution in [0.15, 0.2) is 47.4 Å². The number of nitrogens with one attached hydrogen (secondary N) is 2. The van der Waals surface area contributed by atoms with E-state index < -0.39 is 15.6 Å². The molecule has 0 bridgehead atoms. The summed E-state index contributed by atoms with van der Waals surface area (Å²) < 4.78 is 37.6. The number of anilines is 1. The van der Waals surface area contributed by atoms with Gasteiger partial charge in [-0.1, -0.05) is 11.6 Å². The van der Waals surface area contributed by atoms with Crippen LogP contribution in [0.1, 0.15) is 20.8 Å². The van der Waals surface area contributed by atoms with Crippen molar-refractivity contribution in [3.63, 3.8) is 0 Å². The van der Waals surface area contributed by atoms with Gasteiger partial charge in [0.15, 0.2) is 6.61 Å². The highest BCUT2D eigenvalue weighted by Gasteiger charge is 2.21. The van der Waals surface area contributed by atoms with E-state index in [1.165, 1.54) is 31.4 Å². The Morgan fingerprint density at radius 2 is 1.75 bits per heavy atom. The summed E-state index contributed by atoms with van der Waals surface area (Å²) in [7, 11) is -2.12. The van der Waals surface area contributed by atoms with Gasteiger partial charge in [0.1, 0.15) is 11.5 Å². The van der Waals surface area contributed by atoms with Crippen LogP contribution >= 0.6 is 11.6 Å². The predicted octanol–water partition coefficient (Wildman–Crippen LogP) is 3.44. The monoisotopic (exact) mass is 426 g/mol. The summed E-state index contributed by atoms with van der Waals surface area (Å²) in [5.74, 6) is 0.497. The van der Waals surface area contributed by atoms with Crippen LogP contribution < -0.4 is 19.5 Å². The van der Waals surface area contributed by atoms with Crippen LogP contribution in [0.4, 0.5) is 5.69 Å². The number of benzene rings is 2. The van der Waals surface area contributed by atoms with Gasteiger partial charge in [0.25, 0.3) is 5.91 Å². The van der Waals surface area contributed by atoms with Crippen LogP contribution in [-0.2, 0) is 14.8 Å². The summed E-state index contributed by atoms with van der Waals surface area (Å²) in [4.78, 5) is 12.1. The third-order valence-corrected chi connectivity index (χ3v) is 5.45. The normalized spacial score (nSPS) is 11.8. The van der Waals surface area contributed by atoms with Crippen molar-refractivity contribution in [2.45, 2.75) is 31.2 Å². The Bertz CT molecular complexity index is 938. The Labute approximate surface area is 170 Å². The molecule has 2 aromatic carbocycles. The first-order valence-corrected chi connectivity index (χ1v) is 10.3. The van der Waals surface area contributed by atoms with Crippen molar-refractivity contribution >= 4 is 33.2 Å². The van der Waals surface area contributed by atoms with E-state index in [0.717, 1.165) is 0 Å². The number of ether oxygens (including phenoxy) is 2. The minimum Gasteiger partial charge on any atom is -0.495 e. The van der Waals surface area contributed by atoms with Crippen LogP contribution in [0.2, 0.25) is 5.02 Å². The van der Waals surface area contributed by atoms with Crippen LogP contribution in [0.25, 0.3) is 0 Å². The Morgan fingerprint density at radius 1 is 1.11 bits per heavy atom. The Balaban J connectivity index is 1.94. The number of carbonyl (C=O) groups excluding carboxylic acids is 1. The van der Waals surface area contributed by atoms with E-state index >= 15 is 0 Å². The molecule has 0 aromatic heterocycles. The zero-order valence-corrected chi connectivity index (χ0v) is 17.6. The lowest BCUT2D eigenvalue weighted by Crippen LogP contribution is -2.40.